The van der Waals surface area contributed by atoms with Gasteiger partial charge in [-0.3, -0.25) is 0 Å². The van der Waals surface area contributed by atoms with Crippen molar-refractivity contribution in [3.63, 3.8) is 0 Å². The lowest BCUT2D eigenvalue weighted by molar-refractivity contribution is 0.414. The molecule has 0 fully saturated rings. The van der Waals surface area contributed by atoms with E-state index in [0.29, 0.717) is 0 Å². The maximum absolute atomic E-state index is 5.28. The highest BCUT2D eigenvalue weighted by molar-refractivity contribution is 5.59. The molecule has 25 heavy (non-hydrogen) atoms. The highest BCUT2D eigenvalue weighted by Crippen LogP contribution is 2.33. The first-order valence-electron chi connectivity index (χ1n) is 8.05. The summed E-state index contributed by atoms with van der Waals surface area (Å²) in [6.07, 6.45) is 0. The Hall–Kier alpha value is -2.94. The zero-order valence-corrected chi connectivity index (χ0v) is 14.7. The lowest BCUT2D eigenvalue weighted by atomic mass is 9.85. The molecule has 0 bridgehead atoms. The van der Waals surface area contributed by atoms with E-state index in [2.05, 4.69) is 36.4 Å². The fourth-order valence-corrected chi connectivity index (χ4v) is 2.77. The number of hydrogen-bond donors (Lipinski definition) is 0. The molecule has 0 spiro atoms. The van der Waals surface area contributed by atoms with E-state index in [1.807, 2.05) is 36.4 Å². The third-order valence-corrected chi connectivity index (χ3v) is 4.14. The summed E-state index contributed by atoms with van der Waals surface area (Å²) in [6, 6.07) is 24.3. The van der Waals surface area contributed by atoms with Crippen LogP contribution in [-0.2, 0) is 0 Å². The average Bonchev–Trinajstić information content (AvgIpc) is 2.70. The normalized spacial score (nSPS) is 10.6. The molecule has 0 aliphatic rings. The number of benzene rings is 3. The molecule has 0 aliphatic carbocycles. The minimum atomic E-state index is 0.840. The zero-order valence-electron chi connectivity index (χ0n) is 14.7. The molecular weight excluding hydrogens is 312 g/mol. The van der Waals surface area contributed by atoms with E-state index in [0.717, 1.165) is 39.9 Å². The molecule has 3 heteroatoms. The zero-order chi connectivity index (χ0) is 17.6. The van der Waals surface area contributed by atoms with E-state index in [4.69, 9.17) is 14.2 Å². The number of methoxy groups -OCH3 is 3. The number of hydrogen-bond acceptors (Lipinski definition) is 3. The molecule has 3 aromatic rings. The first-order valence-corrected chi connectivity index (χ1v) is 8.05. The van der Waals surface area contributed by atoms with Crippen molar-refractivity contribution >= 4 is 0 Å². The van der Waals surface area contributed by atoms with Crippen LogP contribution in [0.1, 0.15) is 16.7 Å². The highest BCUT2D eigenvalue weighted by Gasteiger charge is 2.18. The van der Waals surface area contributed by atoms with Crippen molar-refractivity contribution in [1.82, 2.24) is 0 Å². The van der Waals surface area contributed by atoms with E-state index < -0.39 is 0 Å². The third kappa shape index (κ3) is 3.77. The molecule has 127 valence electrons. The van der Waals surface area contributed by atoms with Gasteiger partial charge >= 0.3 is 0 Å². The topological polar surface area (TPSA) is 27.7 Å². The summed E-state index contributed by atoms with van der Waals surface area (Å²) in [7, 11) is 5.02. The lowest BCUT2D eigenvalue weighted by Gasteiger charge is -2.19. The van der Waals surface area contributed by atoms with Crippen molar-refractivity contribution in [2.75, 3.05) is 21.3 Å². The van der Waals surface area contributed by atoms with Gasteiger partial charge in [-0.1, -0.05) is 36.4 Å². The fourth-order valence-electron chi connectivity index (χ4n) is 2.77. The van der Waals surface area contributed by atoms with Crippen molar-refractivity contribution < 1.29 is 14.2 Å². The molecule has 0 aromatic heterocycles. The van der Waals surface area contributed by atoms with Crippen molar-refractivity contribution in [2.45, 2.75) is 0 Å². The summed E-state index contributed by atoms with van der Waals surface area (Å²) in [4.78, 5) is 0. The molecule has 0 saturated carbocycles. The van der Waals surface area contributed by atoms with Gasteiger partial charge in [0.05, 0.1) is 27.2 Å². The average molecular weight is 333 g/mol. The molecule has 3 rings (SSSR count). The summed E-state index contributed by atoms with van der Waals surface area (Å²) in [5, 5.41) is 0. The van der Waals surface area contributed by atoms with E-state index in [-0.39, 0.29) is 0 Å². The summed E-state index contributed by atoms with van der Waals surface area (Å²) in [5.74, 6) is 3.67. The SMILES string of the molecule is COc1ccc([C](c2ccc(OC)cc2)c2ccc(OC)cc2)cc1. The van der Waals surface area contributed by atoms with Crippen molar-refractivity contribution in [3.05, 3.63) is 95.4 Å². The Bertz CT molecular complexity index is 677. The minimum Gasteiger partial charge on any atom is -0.497 e. The minimum absolute atomic E-state index is 0.840. The van der Waals surface area contributed by atoms with Gasteiger partial charge in [0, 0.05) is 0 Å². The molecule has 0 aliphatic heterocycles. The van der Waals surface area contributed by atoms with Crippen LogP contribution in [0.5, 0.6) is 17.2 Å². The lowest BCUT2D eigenvalue weighted by Crippen LogP contribution is -2.04. The Labute approximate surface area is 148 Å². The van der Waals surface area contributed by atoms with Crippen LogP contribution in [0.3, 0.4) is 0 Å². The monoisotopic (exact) mass is 333 g/mol. The van der Waals surface area contributed by atoms with Crippen molar-refractivity contribution in [1.29, 1.82) is 0 Å². The molecule has 0 N–H and O–H groups in total. The standard InChI is InChI=1S/C22H21O3/c1-23-19-10-4-16(5-11-19)22(17-6-12-20(24-2)13-7-17)18-8-14-21(25-3)15-9-18/h4-15H,1-3H3. The third-order valence-electron chi connectivity index (χ3n) is 4.14. The summed E-state index contributed by atoms with van der Waals surface area (Å²) >= 11 is 0. The van der Waals surface area contributed by atoms with Crippen LogP contribution in [0.15, 0.2) is 72.8 Å². The Morgan fingerprint density at radius 2 is 0.680 bits per heavy atom. The van der Waals surface area contributed by atoms with Crippen molar-refractivity contribution in [2.24, 2.45) is 0 Å². The Kier molecular flexibility index (Phi) is 5.24. The van der Waals surface area contributed by atoms with Crippen LogP contribution in [-0.4, -0.2) is 21.3 Å². The summed E-state index contributed by atoms with van der Waals surface area (Å²) in [6.45, 7) is 0. The van der Waals surface area contributed by atoms with Gasteiger partial charge in [0.2, 0.25) is 0 Å². The second kappa shape index (κ2) is 7.75. The van der Waals surface area contributed by atoms with Crippen LogP contribution >= 0.6 is 0 Å². The van der Waals surface area contributed by atoms with Gasteiger partial charge < -0.3 is 14.2 Å². The smallest absolute Gasteiger partial charge is 0.118 e. The molecule has 3 aromatic carbocycles. The number of ether oxygens (including phenoxy) is 3. The predicted octanol–water partition coefficient (Wildman–Crippen LogP) is 4.73. The summed E-state index contributed by atoms with van der Waals surface area (Å²) < 4.78 is 15.8. The predicted molar refractivity (Wildman–Crippen MR) is 99.5 cm³/mol. The molecule has 0 saturated heterocycles. The fraction of sp³-hybridized carbons (Fsp3) is 0.136. The molecular formula is C22H21O3. The van der Waals surface area contributed by atoms with Gasteiger partial charge in [-0.2, -0.15) is 0 Å². The summed E-state index contributed by atoms with van der Waals surface area (Å²) in [5.41, 5.74) is 3.36. The molecule has 0 amide bonds. The van der Waals surface area contributed by atoms with Gasteiger partial charge in [0.25, 0.3) is 0 Å². The number of rotatable bonds is 6. The van der Waals surface area contributed by atoms with Gasteiger partial charge in [0.15, 0.2) is 0 Å². The van der Waals surface area contributed by atoms with Crippen LogP contribution in [0.4, 0.5) is 0 Å². The van der Waals surface area contributed by atoms with Gasteiger partial charge in [-0.25, -0.2) is 0 Å². The van der Waals surface area contributed by atoms with Gasteiger partial charge in [-0.15, -0.1) is 0 Å². The van der Waals surface area contributed by atoms with E-state index in [9.17, 15) is 0 Å². The largest absolute Gasteiger partial charge is 0.497 e. The van der Waals surface area contributed by atoms with Gasteiger partial charge in [0.1, 0.15) is 17.2 Å². The Morgan fingerprint density at radius 1 is 0.440 bits per heavy atom. The van der Waals surface area contributed by atoms with E-state index >= 15 is 0 Å². The van der Waals surface area contributed by atoms with E-state index in [1.165, 1.54) is 0 Å². The molecule has 0 heterocycles. The first kappa shape index (κ1) is 16.9. The van der Waals surface area contributed by atoms with Crippen LogP contribution in [0.2, 0.25) is 0 Å². The molecule has 1 radical (unpaired) electrons. The van der Waals surface area contributed by atoms with Crippen LogP contribution in [0.25, 0.3) is 0 Å². The van der Waals surface area contributed by atoms with E-state index in [1.54, 1.807) is 21.3 Å². The Morgan fingerprint density at radius 3 is 0.880 bits per heavy atom. The maximum atomic E-state index is 5.28. The quantitative estimate of drug-likeness (QED) is 0.610. The van der Waals surface area contributed by atoms with Crippen molar-refractivity contribution in [3.8, 4) is 17.2 Å². The van der Waals surface area contributed by atoms with Crippen LogP contribution in [0, 0.1) is 5.92 Å². The van der Waals surface area contributed by atoms with Crippen LogP contribution < -0.4 is 14.2 Å². The molecule has 0 atom stereocenters. The second-order valence-electron chi connectivity index (χ2n) is 5.56. The highest BCUT2D eigenvalue weighted by atomic mass is 16.5. The molecule has 3 nitrogen and oxygen atoms in total. The second-order valence-corrected chi connectivity index (χ2v) is 5.56. The first-order chi connectivity index (χ1) is 12.2. The molecule has 0 unspecified atom stereocenters. The van der Waals surface area contributed by atoms with Gasteiger partial charge in [-0.05, 0) is 53.1 Å². The Balaban J connectivity index is 2.04. The maximum Gasteiger partial charge on any atom is 0.118 e.